The van der Waals surface area contributed by atoms with Gasteiger partial charge in [-0.3, -0.25) is 19.2 Å². The monoisotopic (exact) mass is 401 g/mol. The highest BCUT2D eigenvalue weighted by atomic mass is 16.5. The summed E-state index contributed by atoms with van der Waals surface area (Å²) in [6.45, 7) is 7.84. The largest absolute Gasteiger partial charge is 0.378 e. The lowest BCUT2D eigenvalue weighted by Crippen LogP contribution is -2.56. The lowest BCUT2D eigenvalue weighted by molar-refractivity contribution is -0.124. The molecule has 0 aliphatic carbocycles. The molecule has 0 bridgehead atoms. The number of hydrogen-bond acceptors (Lipinski definition) is 7. The van der Waals surface area contributed by atoms with Gasteiger partial charge >= 0.3 is 0 Å². The van der Waals surface area contributed by atoms with Crippen LogP contribution in [0.4, 0.5) is 0 Å². The molecule has 0 spiro atoms. The Balaban J connectivity index is 4.74. The van der Waals surface area contributed by atoms with Crippen molar-refractivity contribution in [3.05, 3.63) is 0 Å². The second-order valence-corrected chi connectivity index (χ2v) is 7.17. The zero-order chi connectivity index (χ0) is 21.4. The number of carbonyl (C=O) groups excluding carboxylic acids is 4. The molecule has 1 N–H and O–H groups in total. The fraction of sp³-hybridized carbons (Fsp3) is 0.800. The molecule has 8 nitrogen and oxygen atoms in total. The fourth-order valence-electron chi connectivity index (χ4n) is 2.22. The fourth-order valence-corrected chi connectivity index (χ4v) is 2.22. The van der Waals surface area contributed by atoms with Crippen molar-refractivity contribution in [1.82, 2.24) is 5.32 Å². The number of nitrogens with one attached hydrogen (secondary N) is 1. The maximum atomic E-state index is 11.7. The zero-order valence-corrected chi connectivity index (χ0v) is 17.6. The number of ether oxygens (including phenoxy) is 3. The SMILES string of the molecule is CCC(=O)CCOCC(COCCC(C)=O)(COCCC(=O)C(C)C)NC=O. The van der Waals surface area contributed by atoms with Crippen molar-refractivity contribution >= 4 is 23.8 Å². The van der Waals surface area contributed by atoms with Crippen LogP contribution in [0.5, 0.6) is 0 Å². The molecule has 0 aromatic rings. The Bertz CT molecular complexity index is 493. The van der Waals surface area contributed by atoms with E-state index in [0.717, 1.165) is 0 Å². The summed E-state index contributed by atoms with van der Waals surface area (Å²) in [7, 11) is 0. The van der Waals surface area contributed by atoms with E-state index in [1.807, 2.05) is 13.8 Å². The van der Waals surface area contributed by atoms with E-state index in [0.29, 0.717) is 19.3 Å². The van der Waals surface area contributed by atoms with Gasteiger partial charge in [-0.1, -0.05) is 20.8 Å². The summed E-state index contributed by atoms with van der Waals surface area (Å²) < 4.78 is 16.7. The van der Waals surface area contributed by atoms with Gasteiger partial charge in [0, 0.05) is 31.6 Å². The Hall–Kier alpha value is -1.64. The molecule has 0 heterocycles. The van der Waals surface area contributed by atoms with E-state index in [4.69, 9.17) is 14.2 Å². The van der Waals surface area contributed by atoms with Crippen LogP contribution in [0.1, 0.15) is 53.4 Å². The quantitative estimate of drug-likeness (QED) is 0.258. The maximum absolute atomic E-state index is 11.7. The molecular formula is C20H35NO7. The second kappa shape index (κ2) is 15.3. The smallest absolute Gasteiger partial charge is 0.207 e. The number of hydrogen-bond donors (Lipinski definition) is 1. The van der Waals surface area contributed by atoms with Gasteiger partial charge in [-0.25, -0.2) is 0 Å². The molecule has 28 heavy (non-hydrogen) atoms. The molecule has 0 rings (SSSR count). The Morgan fingerprint density at radius 1 is 0.929 bits per heavy atom. The molecule has 1 atom stereocenters. The molecule has 0 fully saturated rings. The highest BCUT2D eigenvalue weighted by Gasteiger charge is 2.31. The van der Waals surface area contributed by atoms with Crippen LogP contribution in [0.25, 0.3) is 0 Å². The van der Waals surface area contributed by atoms with Crippen LogP contribution in [0.15, 0.2) is 0 Å². The van der Waals surface area contributed by atoms with E-state index < -0.39 is 5.54 Å². The van der Waals surface area contributed by atoms with E-state index in [9.17, 15) is 19.2 Å². The van der Waals surface area contributed by atoms with Gasteiger partial charge < -0.3 is 19.5 Å². The lowest BCUT2D eigenvalue weighted by atomic mass is 10.0. The van der Waals surface area contributed by atoms with Crippen molar-refractivity contribution < 1.29 is 33.4 Å². The Morgan fingerprint density at radius 3 is 1.86 bits per heavy atom. The summed E-state index contributed by atoms with van der Waals surface area (Å²) in [5.41, 5.74) is -0.964. The van der Waals surface area contributed by atoms with Gasteiger partial charge in [-0.05, 0) is 6.92 Å². The number of Topliss-reactive ketones (excluding diaryl/α,β-unsaturated/α-hetero) is 3. The van der Waals surface area contributed by atoms with Gasteiger partial charge in [0.05, 0.1) is 39.6 Å². The summed E-state index contributed by atoms with van der Waals surface area (Å²) in [6, 6.07) is 0. The highest BCUT2D eigenvalue weighted by Crippen LogP contribution is 2.10. The molecule has 0 aromatic carbocycles. The number of carbonyl (C=O) groups is 4. The average Bonchev–Trinajstić information content (AvgIpc) is 2.65. The summed E-state index contributed by atoms with van der Waals surface area (Å²) in [5.74, 6) is 0.138. The summed E-state index contributed by atoms with van der Waals surface area (Å²) >= 11 is 0. The van der Waals surface area contributed by atoms with Crippen LogP contribution >= 0.6 is 0 Å². The first-order valence-corrected chi connectivity index (χ1v) is 9.74. The van der Waals surface area contributed by atoms with Crippen molar-refractivity contribution in [2.24, 2.45) is 5.92 Å². The predicted molar refractivity (Wildman–Crippen MR) is 104 cm³/mol. The van der Waals surface area contributed by atoms with E-state index in [-0.39, 0.29) is 75.8 Å². The zero-order valence-electron chi connectivity index (χ0n) is 17.6. The van der Waals surface area contributed by atoms with Gasteiger partial charge in [-0.2, -0.15) is 0 Å². The predicted octanol–water partition coefficient (Wildman–Crippen LogP) is 1.48. The maximum Gasteiger partial charge on any atom is 0.207 e. The number of ketones is 3. The minimum Gasteiger partial charge on any atom is -0.378 e. The standard InChI is InChI=1S/C20H35NO7/c1-5-18(24)7-10-27-13-20(21-15-22,12-26-9-6-17(4)23)14-28-11-8-19(25)16(2)3/h15-16H,5-14H2,1-4H3,(H,21,22). The molecule has 162 valence electrons. The molecule has 0 aliphatic heterocycles. The van der Waals surface area contributed by atoms with Crippen molar-refractivity contribution in [3.63, 3.8) is 0 Å². The third-order valence-electron chi connectivity index (χ3n) is 4.15. The van der Waals surface area contributed by atoms with E-state index >= 15 is 0 Å². The van der Waals surface area contributed by atoms with Crippen molar-refractivity contribution in [2.75, 3.05) is 39.6 Å². The van der Waals surface area contributed by atoms with Crippen LogP contribution < -0.4 is 5.32 Å². The van der Waals surface area contributed by atoms with Gasteiger partial charge in [0.15, 0.2) is 0 Å². The van der Waals surface area contributed by atoms with E-state index in [1.54, 1.807) is 6.92 Å². The second-order valence-electron chi connectivity index (χ2n) is 7.17. The van der Waals surface area contributed by atoms with Crippen LogP contribution in [0.3, 0.4) is 0 Å². The normalized spacial score (nSPS) is 13.2. The third-order valence-corrected chi connectivity index (χ3v) is 4.15. The average molecular weight is 402 g/mol. The number of amides is 1. The molecule has 0 aliphatic rings. The van der Waals surface area contributed by atoms with Gasteiger partial charge in [0.2, 0.25) is 6.41 Å². The molecular weight excluding hydrogens is 366 g/mol. The van der Waals surface area contributed by atoms with E-state index in [2.05, 4.69) is 5.32 Å². The summed E-state index contributed by atoms with van der Waals surface area (Å²) in [5, 5.41) is 2.69. The molecule has 0 saturated heterocycles. The lowest BCUT2D eigenvalue weighted by Gasteiger charge is -2.32. The van der Waals surface area contributed by atoms with Gasteiger partial charge in [-0.15, -0.1) is 0 Å². The first-order valence-electron chi connectivity index (χ1n) is 9.74. The Morgan fingerprint density at radius 2 is 1.43 bits per heavy atom. The Kier molecular flexibility index (Phi) is 14.4. The molecule has 1 amide bonds. The minimum atomic E-state index is -0.964. The molecule has 8 heteroatoms. The topological polar surface area (TPSA) is 108 Å². The molecule has 0 aromatic heterocycles. The van der Waals surface area contributed by atoms with Crippen LogP contribution in [0, 0.1) is 5.92 Å². The highest BCUT2D eigenvalue weighted by molar-refractivity contribution is 5.80. The van der Waals surface area contributed by atoms with Crippen LogP contribution in [-0.2, 0) is 33.4 Å². The first-order chi connectivity index (χ1) is 13.3. The van der Waals surface area contributed by atoms with Gasteiger partial charge in [0.1, 0.15) is 22.9 Å². The molecule has 0 radical (unpaired) electrons. The summed E-state index contributed by atoms with van der Waals surface area (Å²) in [6.07, 6.45) is 1.83. The summed E-state index contributed by atoms with van der Waals surface area (Å²) in [4.78, 5) is 45.3. The molecule has 0 saturated carbocycles. The first kappa shape index (κ1) is 26.4. The van der Waals surface area contributed by atoms with Crippen molar-refractivity contribution in [2.45, 2.75) is 58.9 Å². The third kappa shape index (κ3) is 12.7. The van der Waals surface area contributed by atoms with Gasteiger partial charge in [0.25, 0.3) is 0 Å². The van der Waals surface area contributed by atoms with Crippen LogP contribution in [-0.4, -0.2) is 68.9 Å². The number of rotatable bonds is 19. The molecule has 1 unspecified atom stereocenters. The Labute approximate surface area is 167 Å². The van der Waals surface area contributed by atoms with E-state index in [1.165, 1.54) is 6.92 Å². The van der Waals surface area contributed by atoms with Crippen LogP contribution in [0.2, 0.25) is 0 Å². The minimum absolute atomic E-state index is 0.00622. The van der Waals surface area contributed by atoms with Crippen molar-refractivity contribution in [3.8, 4) is 0 Å². The van der Waals surface area contributed by atoms with Crippen molar-refractivity contribution in [1.29, 1.82) is 0 Å².